The van der Waals surface area contributed by atoms with E-state index in [0.29, 0.717) is 24.6 Å². The van der Waals surface area contributed by atoms with E-state index in [1.54, 1.807) is 12.1 Å². The Morgan fingerprint density at radius 2 is 1.92 bits per heavy atom. The summed E-state index contributed by atoms with van der Waals surface area (Å²) in [6.07, 6.45) is 0. The number of nitrogens with two attached hydrogens (primary N) is 1. The summed E-state index contributed by atoms with van der Waals surface area (Å²) in [5.41, 5.74) is 11.8. The molecule has 0 unspecified atom stereocenters. The topological polar surface area (TPSA) is 75.8 Å². The molecule has 1 aliphatic rings. The van der Waals surface area contributed by atoms with Crippen LogP contribution in [0.5, 0.6) is 0 Å². The number of benzene rings is 2. The second-order valence-electron chi connectivity index (χ2n) is 6.93. The molecule has 26 heavy (non-hydrogen) atoms. The van der Waals surface area contributed by atoms with E-state index in [2.05, 4.69) is 36.1 Å². The third-order valence-electron chi connectivity index (χ3n) is 4.58. The number of amides is 1. The summed E-state index contributed by atoms with van der Waals surface area (Å²) in [6.45, 7) is 6.31. The lowest BCUT2D eigenvalue weighted by molar-refractivity contribution is 0.100. The number of carbonyl (C=O) groups excluding carboxylic acids is 1. The molecule has 1 amide bonds. The van der Waals surface area contributed by atoms with Gasteiger partial charge < -0.3 is 10.6 Å². The molecule has 0 aromatic heterocycles. The van der Waals surface area contributed by atoms with E-state index < -0.39 is 5.91 Å². The lowest BCUT2D eigenvalue weighted by Gasteiger charge is -2.36. The first-order valence-corrected chi connectivity index (χ1v) is 8.79. The van der Waals surface area contributed by atoms with Gasteiger partial charge in [-0.2, -0.15) is 0 Å². The molecule has 2 aromatic rings. The molecule has 0 fully saturated rings. The molecule has 0 atom stereocenters. The summed E-state index contributed by atoms with van der Waals surface area (Å²) in [5.74, 6) is -0.269. The summed E-state index contributed by atoms with van der Waals surface area (Å²) in [5, 5.41) is 2.55. The molecule has 0 radical (unpaired) electrons. The minimum atomic E-state index is -0.738. The number of nitroso groups, excluding NO2 is 1. The van der Waals surface area contributed by atoms with E-state index in [1.807, 2.05) is 24.3 Å². The van der Waals surface area contributed by atoms with E-state index in [4.69, 9.17) is 5.73 Å². The van der Waals surface area contributed by atoms with Gasteiger partial charge in [-0.3, -0.25) is 4.79 Å². The summed E-state index contributed by atoms with van der Waals surface area (Å²) in [4.78, 5) is 24.6. The van der Waals surface area contributed by atoms with E-state index in [-0.39, 0.29) is 0 Å². The van der Waals surface area contributed by atoms with Gasteiger partial charge in [-0.05, 0) is 34.7 Å². The van der Waals surface area contributed by atoms with Gasteiger partial charge in [0.15, 0.2) is 0 Å². The molecule has 0 spiro atoms. The SMILES string of the molecule is CC(C)CN1Cc2cc(C(=O)N=O)ccc2C(c2ccccc2)=C1CN. The average molecular weight is 349 g/mol. The Balaban J connectivity index is 2.20. The Bertz CT molecular complexity index is 857. The molecular formula is C21H23N3O2. The monoisotopic (exact) mass is 349 g/mol. The largest absolute Gasteiger partial charge is 0.369 e. The Labute approximate surface area is 153 Å². The highest BCUT2D eigenvalue weighted by atomic mass is 16.3. The molecule has 3 rings (SSSR count). The normalized spacial score (nSPS) is 13.8. The second kappa shape index (κ2) is 7.62. The molecule has 5 heteroatoms. The van der Waals surface area contributed by atoms with Crippen molar-refractivity contribution in [1.29, 1.82) is 0 Å². The highest BCUT2D eigenvalue weighted by Gasteiger charge is 2.26. The van der Waals surface area contributed by atoms with Crippen molar-refractivity contribution >= 4 is 11.5 Å². The molecule has 0 saturated heterocycles. The molecule has 5 nitrogen and oxygen atoms in total. The molecular weight excluding hydrogens is 326 g/mol. The lowest BCUT2D eigenvalue weighted by Crippen LogP contribution is -2.34. The van der Waals surface area contributed by atoms with Crippen LogP contribution in [0.3, 0.4) is 0 Å². The van der Waals surface area contributed by atoms with Crippen LogP contribution in [-0.2, 0) is 6.54 Å². The Morgan fingerprint density at radius 1 is 1.19 bits per heavy atom. The van der Waals surface area contributed by atoms with Gasteiger partial charge in [0, 0.05) is 41.6 Å². The minimum absolute atomic E-state index is 0.326. The minimum Gasteiger partial charge on any atom is -0.369 e. The standard InChI is InChI=1S/C21H23N3O2/c1-14(2)12-24-13-17-10-16(21(25)23-26)8-9-18(17)20(19(24)11-22)15-6-4-3-5-7-15/h3-10,14H,11-13,22H2,1-2H3. The predicted molar refractivity (Wildman–Crippen MR) is 103 cm³/mol. The van der Waals surface area contributed by atoms with Crippen molar-refractivity contribution in [2.24, 2.45) is 16.8 Å². The maximum atomic E-state index is 11.7. The van der Waals surface area contributed by atoms with Crippen LogP contribution in [0, 0.1) is 10.8 Å². The van der Waals surface area contributed by atoms with Crippen molar-refractivity contribution in [1.82, 2.24) is 4.90 Å². The maximum absolute atomic E-state index is 11.7. The van der Waals surface area contributed by atoms with E-state index in [1.165, 1.54) is 0 Å². The van der Waals surface area contributed by atoms with Gasteiger partial charge >= 0.3 is 5.91 Å². The zero-order chi connectivity index (χ0) is 18.7. The molecule has 134 valence electrons. The zero-order valence-electron chi connectivity index (χ0n) is 15.1. The Kier molecular flexibility index (Phi) is 5.28. The van der Waals surface area contributed by atoms with Gasteiger partial charge in [-0.1, -0.05) is 50.2 Å². The number of carbonyl (C=O) groups is 1. The summed E-state index contributed by atoms with van der Waals surface area (Å²) in [6, 6.07) is 15.5. The van der Waals surface area contributed by atoms with Crippen molar-refractivity contribution in [2.75, 3.05) is 13.1 Å². The number of rotatable bonds is 5. The van der Waals surface area contributed by atoms with Gasteiger partial charge in [0.2, 0.25) is 0 Å². The molecule has 2 N–H and O–H groups in total. The molecule has 1 heterocycles. The van der Waals surface area contributed by atoms with Crippen molar-refractivity contribution in [3.8, 4) is 0 Å². The number of nitrogens with zero attached hydrogens (tertiary/aromatic N) is 2. The molecule has 0 bridgehead atoms. The third kappa shape index (κ3) is 3.44. The van der Waals surface area contributed by atoms with E-state index in [0.717, 1.165) is 34.5 Å². The molecule has 2 aromatic carbocycles. The van der Waals surface area contributed by atoms with Crippen LogP contribution in [0.25, 0.3) is 5.57 Å². The fraction of sp³-hybridized carbons (Fsp3) is 0.286. The fourth-order valence-electron chi connectivity index (χ4n) is 3.54. The van der Waals surface area contributed by atoms with Crippen LogP contribution >= 0.6 is 0 Å². The second-order valence-corrected chi connectivity index (χ2v) is 6.93. The number of hydrogen-bond acceptors (Lipinski definition) is 4. The van der Waals surface area contributed by atoms with Gasteiger partial charge in [0.05, 0.1) is 0 Å². The van der Waals surface area contributed by atoms with E-state index in [9.17, 15) is 9.70 Å². The Hall–Kier alpha value is -2.79. The fourth-order valence-corrected chi connectivity index (χ4v) is 3.54. The van der Waals surface area contributed by atoms with E-state index >= 15 is 0 Å². The van der Waals surface area contributed by atoms with Crippen molar-refractivity contribution in [2.45, 2.75) is 20.4 Å². The number of fused-ring (bicyclic) bond motifs is 1. The average Bonchev–Trinajstić information content (AvgIpc) is 2.66. The van der Waals surface area contributed by atoms with Crippen LogP contribution in [0.2, 0.25) is 0 Å². The van der Waals surface area contributed by atoms with Gasteiger partial charge in [-0.25, -0.2) is 0 Å². The molecule has 1 aliphatic heterocycles. The van der Waals surface area contributed by atoms with Crippen LogP contribution in [0.15, 0.2) is 59.4 Å². The van der Waals surface area contributed by atoms with Crippen LogP contribution in [0.1, 0.15) is 40.9 Å². The zero-order valence-corrected chi connectivity index (χ0v) is 15.1. The van der Waals surface area contributed by atoms with Crippen LogP contribution in [-0.4, -0.2) is 23.9 Å². The van der Waals surface area contributed by atoms with Crippen molar-refractivity contribution < 1.29 is 4.79 Å². The first-order chi connectivity index (χ1) is 12.5. The van der Waals surface area contributed by atoms with Gasteiger partial charge in [-0.15, -0.1) is 4.91 Å². The van der Waals surface area contributed by atoms with Gasteiger partial charge in [0.1, 0.15) is 0 Å². The molecule has 0 saturated carbocycles. The first kappa shape index (κ1) is 18.0. The third-order valence-corrected chi connectivity index (χ3v) is 4.58. The lowest BCUT2D eigenvalue weighted by atomic mass is 9.87. The predicted octanol–water partition coefficient (Wildman–Crippen LogP) is 3.78. The van der Waals surface area contributed by atoms with Crippen LogP contribution < -0.4 is 5.73 Å². The van der Waals surface area contributed by atoms with Crippen molar-refractivity contribution in [3.63, 3.8) is 0 Å². The number of hydrogen-bond donors (Lipinski definition) is 1. The van der Waals surface area contributed by atoms with Crippen molar-refractivity contribution in [3.05, 3.63) is 81.4 Å². The maximum Gasteiger partial charge on any atom is 0.316 e. The highest BCUT2D eigenvalue weighted by Crippen LogP contribution is 2.36. The highest BCUT2D eigenvalue weighted by molar-refractivity contribution is 5.96. The summed E-state index contributed by atoms with van der Waals surface area (Å²) in [7, 11) is 0. The molecule has 0 aliphatic carbocycles. The summed E-state index contributed by atoms with van der Waals surface area (Å²) >= 11 is 0. The van der Waals surface area contributed by atoms with Crippen LogP contribution in [0.4, 0.5) is 0 Å². The van der Waals surface area contributed by atoms with Gasteiger partial charge in [0.25, 0.3) is 0 Å². The first-order valence-electron chi connectivity index (χ1n) is 8.79. The smallest absolute Gasteiger partial charge is 0.316 e. The Morgan fingerprint density at radius 3 is 2.54 bits per heavy atom. The summed E-state index contributed by atoms with van der Waals surface area (Å²) < 4.78 is 0. The quantitative estimate of drug-likeness (QED) is 0.834.